The van der Waals surface area contributed by atoms with Crippen LogP contribution >= 0.6 is 0 Å². The summed E-state index contributed by atoms with van der Waals surface area (Å²) in [6, 6.07) is 7.84. The Balaban J connectivity index is 1.78. The first kappa shape index (κ1) is 17.7. The summed E-state index contributed by atoms with van der Waals surface area (Å²) >= 11 is 0. The first-order valence-electron chi connectivity index (χ1n) is 9.12. The zero-order valence-electron chi connectivity index (χ0n) is 14.5. The zero-order chi connectivity index (χ0) is 17.0. The van der Waals surface area contributed by atoms with Crippen LogP contribution in [0.25, 0.3) is 0 Å². The van der Waals surface area contributed by atoms with Gasteiger partial charge in [-0.2, -0.15) is 17.0 Å². The van der Waals surface area contributed by atoms with E-state index in [0.29, 0.717) is 26.2 Å². The predicted octanol–water partition coefficient (Wildman–Crippen LogP) is 3.34. The molecule has 1 unspecified atom stereocenters. The largest absolute Gasteiger partial charge is 0.494 e. The smallest absolute Gasteiger partial charge is 0.282 e. The molecule has 6 heteroatoms. The molecule has 0 aromatic heterocycles. The third kappa shape index (κ3) is 3.76. The van der Waals surface area contributed by atoms with E-state index in [1.165, 1.54) is 0 Å². The van der Waals surface area contributed by atoms with Crippen LogP contribution in [0.15, 0.2) is 24.3 Å². The molecule has 1 aromatic carbocycles. The van der Waals surface area contributed by atoms with E-state index in [9.17, 15) is 8.42 Å². The summed E-state index contributed by atoms with van der Waals surface area (Å²) in [5.41, 5.74) is 1.06. The lowest BCUT2D eigenvalue weighted by atomic mass is 10.1. The second-order valence-electron chi connectivity index (χ2n) is 6.59. The minimum atomic E-state index is -3.37. The Labute approximate surface area is 145 Å². The van der Waals surface area contributed by atoms with Crippen molar-refractivity contribution >= 4 is 10.2 Å². The molecule has 2 saturated heterocycles. The van der Waals surface area contributed by atoms with Crippen molar-refractivity contribution in [1.82, 2.24) is 8.61 Å². The second-order valence-corrected chi connectivity index (χ2v) is 8.47. The van der Waals surface area contributed by atoms with Gasteiger partial charge in [-0.05, 0) is 50.3 Å². The molecule has 5 nitrogen and oxygen atoms in total. The number of hydrogen-bond acceptors (Lipinski definition) is 3. The fourth-order valence-corrected chi connectivity index (χ4v) is 5.65. The Hall–Kier alpha value is -1.11. The van der Waals surface area contributed by atoms with Crippen molar-refractivity contribution < 1.29 is 13.2 Å². The molecule has 3 rings (SSSR count). The van der Waals surface area contributed by atoms with Crippen LogP contribution in [0.3, 0.4) is 0 Å². The molecule has 134 valence electrons. The zero-order valence-corrected chi connectivity index (χ0v) is 15.3. The first-order valence-corrected chi connectivity index (χ1v) is 10.5. The Morgan fingerprint density at radius 1 is 1.00 bits per heavy atom. The van der Waals surface area contributed by atoms with Crippen LogP contribution in [0.5, 0.6) is 5.75 Å². The number of ether oxygens (including phenoxy) is 1. The number of nitrogens with zero attached hydrogens (tertiary/aromatic N) is 2. The standard InChI is InChI=1S/C18H28N2O3S/c1-2-23-17-11-9-16(10-12-17)18-8-7-15-20(18)24(21,22)19-13-5-3-4-6-14-19/h9-12,18H,2-8,13-15H2,1H3. The van der Waals surface area contributed by atoms with E-state index in [2.05, 4.69) is 0 Å². The summed E-state index contributed by atoms with van der Waals surface area (Å²) in [5, 5.41) is 0. The van der Waals surface area contributed by atoms with Crippen LogP contribution in [0.2, 0.25) is 0 Å². The van der Waals surface area contributed by atoms with Gasteiger partial charge in [0.25, 0.3) is 10.2 Å². The molecule has 2 aliphatic rings. The van der Waals surface area contributed by atoms with Crippen molar-refractivity contribution in [1.29, 1.82) is 0 Å². The number of rotatable bonds is 5. The van der Waals surface area contributed by atoms with Gasteiger partial charge in [-0.15, -0.1) is 0 Å². The molecule has 1 aromatic rings. The Morgan fingerprint density at radius 2 is 1.67 bits per heavy atom. The monoisotopic (exact) mass is 352 g/mol. The van der Waals surface area contributed by atoms with Crippen molar-refractivity contribution in [3.8, 4) is 5.75 Å². The topological polar surface area (TPSA) is 49.9 Å². The first-order chi connectivity index (χ1) is 11.6. The molecule has 2 fully saturated rings. The third-order valence-corrected chi connectivity index (χ3v) is 7.01. The van der Waals surface area contributed by atoms with Gasteiger partial charge in [0.15, 0.2) is 0 Å². The minimum Gasteiger partial charge on any atom is -0.494 e. The molecule has 0 N–H and O–H groups in total. The molecule has 2 heterocycles. The van der Waals surface area contributed by atoms with E-state index in [1.807, 2.05) is 31.2 Å². The summed E-state index contributed by atoms with van der Waals surface area (Å²) in [6.45, 7) is 4.54. The van der Waals surface area contributed by atoms with E-state index in [-0.39, 0.29) is 6.04 Å². The maximum absolute atomic E-state index is 13.1. The molecule has 0 saturated carbocycles. The molecule has 0 bridgehead atoms. The Kier molecular flexibility index (Phi) is 5.79. The molecule has 2 aliphatic heterocycles. The molecule has 0 spiro atoms. The molecular weight excluding hydrogens is 324 g/mol. The SMILES string of the molecule is CCOc1ccc(C2CCCN2S(=O)(=O)N2CCCCCC2)cc1. The van der Waals surface area contributed by atoms with Gasteiger partial charge >= 0.3 is 0 Å². The maximum Gasteiger partial charge on any atom is 0.282 e. The van der Waals surface area contributed by atoms with Crippen molar-refractivity contribution in [3.05, 3.63) is 29.8 Å². The minimum absolute atomic E-state index is 0.0473. The van der Waals surface area contributed by atoms with Gasteiger partial charge < -0.3 is 4.74 Å². The van der Waals surface area contributed by atoms with Gasteiger partial charge in [-0.25, -0.2) is 0 Å². The number of hydrogen-bond donors (Lipinski definition) is 0. The van der Waals surface area contributed by atoms with Crippen LogP contribution in [0.4, 0.5) is 0 Å². The highest BCUT2D eigenvalue weighted by Crippen LogP contribution is 2.36. The quantitative estimate of drug-likeness (QED) is 0.816. The lowest BCUT2D eigenvalue weighted by Crippen LogP contribution is -2.43. The van der Waals surface area contributed by atoms with Crippen LogP contribution in [-0.2, 0) is 10.2 Å². The average molecular weight is 353 g/mol. The van der Waals surface area contributed by atoms with E-state index < -0.39 is 10.2 Å². The number of benzene rings is 1. The normalized spacial score (nSPS) is 24.0. The van der Waals surface area contributed by atoms with Gasteiger partial charge in [0.2, 0.25) is 0 Å². The van der Waals surface area contributed by atoms with E-state index in [4.69, 9.17) is 4.74 Å². The molecule has 1 atom stereocenters. The molecular formula is C18H28N2O3S. The summed E-state index contributed by atoms with van der Waals surface area (Å²) < 4.78 is 35.1. The van der Waals surface area contributed by atoms with Crippen LogP contribution in [-0.4, -0.2) is 43.3 Å². The van der Waals surface area contributed by atoms with Gasteiger partial charge in [-0.3, -0.25) is 0 Å². The summed E-state index contributed by atoms with van der Waals surface area (Å²) in [7, 11) is -3.37. The van der Waals surface area contributed by atoms with Crippen LogP contribution < -0.4 is 4.74 Å². The Bertz CT molecular complexity index is 622. The van der Waals surface area contributed by atoms with Crippen molar-refractivity contribution in [2.24, 2.45) is 0 Å². The Morgan fingerprint density at radius 3 is 2.29 bits per heavy atom. The van der Waals surface area contributed by atoms with E-state index in [0.717, 1.165) is 49.8 Å². The van der Waals surface area contributed by atoms with E-state index >= 15 is 0 Å². The predicted molar refractivity (Wildman–Crippen MR) is 95.3 cm³/mol. The molecule has 0 aliphatic carbocycles. The lowest BCUT2D eigenvalue weighted by Gasteiger charge is -2.30. The maximum atomic E-state index is 13.1. The average Bonchev–Trinajstić information content (AvgIpc) is 2.91. The fraction of sp³-hybridized carbons (Fsp3) is 0.667. The van der Waals surface area contributed by atoms with Gasteiger partial charge in [0.1, 0.15) is 5.75 Å². The summed E-state index contributed by atoms with van der Waals surface area (Å²) in [5.74, 6) is 0.834. The lowest BCUT2D eigenvalue weighted by molar-refractivity contribution is 0.329. The molecule has 0 amide bonds. The van der Waals surface area contributed by atoms with Crippen molar-refractivity contribution in [2.45, 2.75) is 51.5 Å². The molecule has 24 heavy (non-hydrogen) atoms. The highest BCUT2D eigenvalue weighted by molar-refractivity contribution is 7.86. The fourth-order valence-electron chi connectivity index (χ4n) is 3.72. The summed E-state index contributed by atoms with van der Waals surface area (Å²) in [4.78, 5) is 0. The van der Waals surface area contributed by atoms with Crippen molar-refractivity contribution in [3.63, 3.8) is 0 Å². The van der Waals surface area contributed by atoms with Crippen LogP contribution in [0.1, 0.15) is 57.1 Å². The third-order valence-electron chi connectivity index (χ3n) is 4.97. The van der Waals surface area contributed by atoms with Gasteiger partial charge in [0.05, 0.1) is 12.6 Å². The second kappa shape index (κ2) is 7.85. The van der Waals surface area contributed by atoms with Gasteiger partial charge in [0, 0.05) is 19.6 Å². The summed E-state index contributed by atoms with van der Waals surface area (Å²) in [6.07, 6.45) is 6.02. The van der Waals surface area contributed by atoms with Crippen molar-refractivity contribution in [2.75, 3.05) is 26.2 Å². The van der Waals surface area contributed by atoms with Gasteiger partial charge in [-0.1, -0.05) is 25.0 Å². The highest BCUT2D eigenvalue weighted by atomic mass is 32.2. The molecule has 0 radical (unpaired) electrons. The van der Waals surface area contributed by atoms with Crippen LogP contribution in [0, 0.1) is 0 Å². The highest BCUT2D eigenvalue weighted by Gasteiger charge is 2.38. The van der Waals surface area contributed by atoms with E-state index in [1.54, 1.807) is 8.61 Å².